The van der Waals surface area contributed by atoms with Crippen LogP contribution in [-0.4, -0.2) is 32.6 Å². The van der Waals surface area contributed by atoms with E-state index in [-0.39, 0.29) is 16.7 Å². The summed E-state index contributed by atoms with van der Waals surface area (Å²) in [6.07, 6.45) is 0.564. The van der Waals surface area contributed by atoms with Crippen molar-refractivity contribution in [1.82, 2.24) is 0 Å². The Morgan fingerprint density at radius 1 is 0.971 bits per heavy atom. The number of thioether (sulfide) groups is 1. The molecule has 1 unspecified atom stereocenters. The number of nitrogens with two attached hydrogens (primary N) is 1. The highest BCUT2D eigenvalue weighted by molar-refractivity contribution is 8.00. The van der Waals surface area contributed by atoms with Crippen LogP contribution in [0, 0.1) is 0 Å². The predicted molar refractivity (Wildman–Crippen MR) is 134 cm³/mol. The topological polar surface area (TPSA) is 128 Å². The Balaban J connectivity index is 1.64. The molecule has 0 aliphatic rings. The van der Waals surface area contributed by atoms with E-state index in [4.69, 9.17) is 9.88 Å². The number of carbonyl (C=O) groups is 2. The summed E-state index contributed by atoms with van der Waals surface area (Å²) < 4.78 is 27.9. The van der Waals surface area contributed by atoms with E-state index >= 15 is 0 Å². The van der Waals surface area contributed by atoms with Crippen molar-refractivity contribution in [2.24, 2.45) is 5.14 Å². The third-order valence-electron chi connectivity index (χ3n) is 4.84. The molecule has 3 aromatic carbocycles. The van der Waals surface area contributed by atoms with Crippen molar-refractivity contribution in [2.45, 2.75) is 28.4 Å². The van der Waals surface area contributed by atoms with E-state index in [1.54, 1.807) is 37.4 Å². The maximum Gasteiger partial charge on any atom is 0.255 e. The SMILES string of the molecule is CCC(Sc1cccc(NC(=O)c2ccc(OC)cc2)c1)C(=O)Nc1ccc(S(N)(=O)=O)cc1. The number of anilines is 2. The van der Waals surface area contributed by atoms with Crippen molar-refractivity contribution in [1.29, 1.82) is 0 Å². The van der Waals surface area contributed by atoms with E-state index < -0.39 is 15.3 Å². The van der Waals surface area contributed by atoms with Crippen molar-refractivity contribution in [3.63, 3.8) is 0 Å². The lowest BCUT2D eigenvalue weighted by atomic mass is 10.2. The highest BCUT2D eigenvalue weighted by Crippen LogP contribution is 2.29. The average molecular weight is 500 g/mol. The van der Waals surface area contributed by atoms with Gasteiger partial charge in [-0.05, 0) is 73.2 Å². The molecule has 0 fully saturated rings. The number of nitrogens with one attached hydrogen (secondary N) is 2. The number of hydrogen-bond acceptors (Lipinski definition) is 6. The minimum atomic E-state index is -3.80. The Labute approximate surface area is 202 Å². The largest absolute Gasteiger partial charge is 0.497 e. The summed E-state index contributed by atoms with van der Waals surface area (Å²) in [5.41, 5.74) is 1.58. The van der Waals surface area contributed by atoms with Crippen LogP contribution in [0.25, 0.3) is 0 Å². The fraction of sp³-hybridized carbons (Fsp3) is 0.167. The Morgan fingerprint density at radius 2 is 1.65 bits per heavy atom. The van der Waals surface area contributed by atoms with Gasteiger partial charge in [-0.1, -0.05) is 13.0 Å². The molecule has 2 amide bonds. The first kappa shape index (κ1) is 25.3. The first-order chi connectivity index (χ1) is 16.2. The molecule has 0 saturated carbocycles. The van der Waals surface area contributed by atoms with Crippen molar-refractivity contribution in [2.75, 3.05) is 17.7 Å². The standard InChI is InChI=1S/C24H25N3O5S2/c1-3-22(24(29)26-17-9-13-21(14-10-17)34(25,30)31)33-20-6-4-5-18(15-20)27-23(28)16-7-11-19(32-2)12-8-16/h4-15,22H,3H2,1-2H3,(H,26,29)(H,27,28)(H2,25,30,31). The zero-order valence-corrected chi connectivity index (χ0v) is 20.3. The number of methoxy groups -OCH3 is 1. The first-order valence-electron chi connectivity index (χ1n) is 10.4. The fourth-order valence-electron chi connectivity index (χ4n) is 3.03. The van der Waals surface area contributed by atoms with Gasteiger partial charge in [0.05, 0.1) is 17.3 Å². The highest BCUT2D eigenvalue weighted by atomic mass is 32.2. The molecule has 0 heterocycles. The van der Waals surface area contributed by atoms with Crippen molar-refractivity contribution < 1.29 is 22.7 Å². The summed E-state index contributed by atoms with van der Waals surface area (Å²) in [7, 11) is -2.23. The van der Waals surface area contributed by atoms with Gasteiger partial charge in [-0.2, -0.15) is 0 Å². The van der Waals surface area contributed by atoms with Gasteiger partial charge in [0.15, 0.2) is 0 Å². The zero-order valence-electron chi connectivity index (χ0n) is 18.6. The molecule has 3 rings (SSSR count). The van der Waals surface area contributed by atoms with Gasteiger partial charge in [0.25, 0.3) is 5.91 Å². The molecular weight excluding hydrogens is 474 g/mol. The Morgan fingerprint density at radius 3 is 2.24 bits per heavy atom. The van der Waals surface area contributed by atoms with Crippen LogP contribution < -0.4 is 20.5 Å². The maximum absolute atomic E-state index is 12.8. The second-order valence-corrected chi connectivity index (χ2v) is 10.1. The molecule has 4 N–H and O–H groups in total. The lowest BCUT2D eigenvalue weighted by Crippen LogP contribution is -2.24. The number of amides is 2. The molecule has 0 saturated heterocycles. The summed E-state index contributed by atoms with van der Waals surface area (Å²) in [6, 6.07) is 19.7. The second-order valence-electron chi connectivity index (χ2n) is 7.28. The van der Waals surface area contributed by atoms with E-state index in [2.05, 4.69) is 10.6 Å². The van der Waals surface area contributed by atoms with Gasteiger partial charge in [0.2, 0.25) is 15.9 Å². The number of benzene rings is 3. The second kappa shape index (κ2) is 11.2. The molecule has 1 atom stereocenters. The van der Waals surface area contributed by atoms with Crippen molar-refractivity contribution in [3.05, 3.63) is 78.4 Å². The average Bonchev–Trinajstić information content (AvgIpc) is 2.82. The van der Waals surface area contributed by atoms with Crippen molar-refractivity contribution >= 4 is 45.0 Å². The third-order valence-corrected chi connectivity index (χ3v) is 7.12. The number of sulfonamides is 1. The number of carbonyl (C=O) groups excluding carboxylic acids is 2. The molecule has 8 nitrogen and oxygen atoms in total. The molecule has 178 valence electrons. The van der Waals surface area contributed by atoms with Gasteiger partial charge in [0.1, 0.15) is 5.75 Å². The van der Waals surface area contributed by atoms with E-state index in [1.807, 2.05) is 25.1 Å². The fourth-order valence-corrected chi connectivity index (χ4v) is 4.56. The van der Waals surface area contributed by atoms with E-state index in [9.17, 15) is 18.0 Å². The van der Waals surface area contributed by atoms with E-state index in [0.29, 0.717) is 29.1 Å². The van der Waals surface area contributed by atoms with Crippen LogP contribution in [0.3, 0.4) is 0 Å². The van der Waals surface area contributed by atoms with Crippen LogP contribution in [0.1, 0.15) is 23.7 Å². The molecule has 0 bridgehead atoms. The van der Waals surface area contributed by atoms with Crippen LogP contribution in [0.2, 0.25) is 0 Å². The Kier molecular flexibility index (Phi) is 8.32. The minimum absolute atomic E-state index is 0.0274. The molecule has 3 aromatic rings. The summed E-state index contributed by atoms with van der Waals surface area (Å²) in [5.74, 6) is 0.195. The Hall–Kier alpha value is -3.34. The van der Waals surface area contributed by atoms with E-state index in [1.165, 1.54) is 36.0 Å². The normalized spacial score (nSPS) is 12.0. The van der Waals surface area contributed by atoms with E-state index in [0.717, 1.165) is 4.90 Å². The Bertz CT molecular complexity index is 1260. The van der Waals surface area contributed by atoms with Crippen LogP contribution in [0.15, 0.2) is 82.6 Å². The molecule has 0 aromatic heterocycles. The van der Waals surface area contributed by atoms with Gasteiger partial charge in [-0.25, -0.2) is 13.6 Å². The summed E-state index contributed by atoms with van der Waals surface area (Å²) in [5, 5.41) is 10.4. The van der Waals surface area contributed by atoms with Crippen molar-refractivity contribution in [3.8, 4) is 5.75 Å². The van der Waals surface area contributed by atoms with Gasteiger partial charge < -0.3 is 15.4 Å². The third kappa shape index (κ3) is 6.83. The lowest BCUT2D eigenvalue weighted by Gasteiger charge is -2.16. The van der Waals surface area contributed by atoms with Crippen LogP contribution in [0.5, 0.6) is 5.75 Å². The summed E-state index contributed by atoms with van der Waals surface area (Å²) in [6.45, 7) is 1.90. The molecule has 0 radical (unpaired) electrons. The number of ether oxygens (including phenoxy) is 1. The van der Waals surface area contributed by atoms with Gasteiger partial charge in [-0.3, -0.25) is 9.59 Å². The first-order valence-corrected chi connectivity index (χ1v) is 12.8. The maximum atomic E-state index is 12.8. The number of hydrogen-bond donors (Lipinski definition) is 3. The minimum Gasteiger partial charge on any atom is -0.497 e. The zero-order chi connectivity index (χ0) is 24.7. The summed E-state index contributed by atoms with van der Waals surface area (Å²) in [4.78, 5) is 26.1. The van der Waals surface area contributed by atoms with Gasteiger partial charge in [-0.15, -0.1) is 11.8 Å². The molecule has 10 heteroatoms. The van der Waals surface area contributed by atoms with Crippen LogP contribution >= 0.6 is 11.8 Å². The molecule has 34 heavy (non-hydrogen) atoms. The monoisotopic (exact) mass is 499 g/mol. The van der Waals surface area contributed by atoms with Gasteiger partial charge in [0, 0.05) is 21.8 Å². The van der Waals surface area contributed by atoms with Crippen LogP contribution in [0.4, 0.5) is 11.4 Å². The summed E-state index contributed by atoms with van der Waals surface area (Å²) >= 11 is 1.37. The number of primary sulfonamides is 1. The molecule has 0 aliphatic heterocycles. The van der Waals surface area contributed by atoms with Crippen LogP contribution in [-0.2, 0) is 14.8 Å². The molecule has 0 spiro atoms. The smallest absolute Gasteiger partial charge is 0.255 e. The molecule has 0 aliphatic carbocycles. The quantitative estimate of drug-likeness (QED) is 0.380. The highest BCUT2D eigenvalue weighted by Gasteiger charge is 2.19. The lowest BCUT2D eigenvalue weighted by molar-refractivity contribution is -0.115. The predicted octanol–water partition coefficient (Wildman–Crippen LogP) is 4.10. The van der Waals surface area contributed by atoms with Gasteiger partial charge >= 0.3 is 0 Å². The molecular formula is C24H25N3O5S2. The number of rotatable bonds is 9.